The van der Waals surface area contributed by atoms with Crippen LogP contribution in [-0.4, -0.2) is 46.5 Å². The highest BCUT2D eigenvalue weighted by atomic mass is 32.2. The van der Waals surface area contributed by atoms with Crippen LogP contribution >= 0.6 is 0 Å². The van der Waals surface area contributed by atoms with E-state index in [4.69, 9.17) is 0 Å². The number of rotatable bonds is 7. The van der Waals surface area contributed by atoms with Crippen molar-refractivity contribution in [3.63, 3.8) is 0 Å². The average Bonchev–Trinajstić information content (AvgIpc) is 2.51. The van der Waals surface area contributed by atoms with E-state index in [1.54, 1.807) is 0 Å². The lowest BCUT2D eigenvalue weighted by Gasteiger charge is -2.32. The number of hydrogen-bond donors (Lipinski definition) is 1. The molecule has 0 atom stereocenters. The predicted octanol–water partition coefficient (Wildman–Crippen LogP) is 1.70. The molecule has 1 N–H and O–H groups in total. The van der Waals surface area contributed by atoms with Gasteiger partial charge in [-0.3, -0.25) is 0 Å². The van der Waals surface area contributed by atoms with Gasteiger partial charge in [-0.15, -0.1) is 0 Å². The number of benzene rings is 1. The summed E-state index contributed by atoms with van der Waals surface area (Å²) < 4.78 is 64.9. The Kier molecular flexibility index (Phi) is 6.35. The van der Waals surface area contributed by atoms with Crippen molar-refractivity contribution < 1.29 is 21.2 Å². The number of nitrogens with zero attached hydrogens (tertiary/aromatic N) is 1. The Balaban J connectivity index is 2.00. The van der Waals surface area contributed by atoms with Crippen LogP contribution in [0.2, 0.25) is 0 Å². The molecule has 0 heterocycles. The van der Waals surface area contributed by atoms with Gasteiger partial charge in [-0.05, 0) is 37.1 Å². The van der Waals surface area contributed by atoms with E-state index in [1.165, 1.54) is 16.4 Å². The van der Waals surface area contributed by atoms with Gasteiger partial charge in [0.15, 0.2) is 0 Å². The van der Waals surface area contributed by atoms with Crippen molar-refractivity contribution >= 4 is 20.0 Å². The van der Waals surface area contributed by atoms with Crippen LogP contribution in [0.1, 0.15) is 32.1 Å². The molecule has 6 nitrogen and oxygen atoms in total. The van der Waals surface area contributed by atoms with E-state index in [1.807, 2.05) is 0 Å². The predicted molar refractivity (Wildman–Crippen MR) is 90.0 cm³/mol. The summed E-state index contributed by atoms with van der Waals surface area (Å²) in [4.78, 5) is -0.0486. The first kappa shape index (κ1) is 19.3. The molecule has 1 aromatic rings. The molecule has 2 rings (SSSR count). The van der Waals surface area contributed by atoms with Crippen LogP contribution < -0.4 is 4.72 Å². The van der Waals surface area contributed by atoms with Gasteiger partial charge in [-0.2, -0.15) is 4.31 Å². The summed E-state index contributed by atoms with van der Waals surface area (Å²) in [5.41, 5.74) is 0. The zero-order valence-corrected chi connectivity index (χ0v) is 15.2. The normalized spacial score (nSPS) is 17.3. The maximum atomic E-state index is 12.9. The fourth-order valence-corrected chi connectivity index (χ4v) is 5.17. The van der Waals surface area contributed by atoms with Crippen LogP contribution in [0.3, 0.4) is 0 Å². The van der Waals surface area contributed by atoms with Crippen LogP contribution in [0.25, 0.3) is 0 Å². The Labute approximate surface area is 143 Å². The molecule has 136 valence electrons. The Hall–Kier alpha value is -1.03. The van der Waals surface area contributed by atoms with Gasteiger partial charge < -0.3 is 0 Å². The highest BCUT2D eigenvalue weighted by molar-refractivity contribution is 7.89. The molecule has 24 heavy (non-hydrogen) atoms. The van der Waals surface area contributed by atoms with Crippen molar-refractivity contribution in [3.8, 4) is 0 Å². The molecule has 0 aromatic heterocycles. The molecular formula is C15H23FN2O4S2. The molecule has 0 bridgehead atoms. The van der Waals surface area contributed by atoms with Gasteiger partial charge in [0.25, 0.3) is 0 Å². The standard InChI is InChI=1S/C15H23FN2O4S2/c1-23(19,20)18(14-5-3-2-4-6-14)12-11-17-24(21,22)15-9-7-13(16)8-10-15/h7-10,14,17H,2-6,11-12H2,1H3. The van der Waals surface area contributed by atoms with E-state index in [0.29, 0.717) is 0 Å². The Morgan fingerprint density at radius 3 is 2.21 bits per heavy atom. The van der Waals surface area contributed by atoms with Gasteiger partial charge in [0.1, 0.15) is 5.82 Å². The lowest BCUT2D eigenvalue weighted by Crippen LogP contribution is -2.44. The summed E-state index contributed by atoms with van der Waals surface area (Å²) in [7, 11) is -7.19. The molecule has 1 saturated carbocycles. The average molecular weight is 378 g/mol. The Morgan fingerprint density at radius 2 is 1.67 bits per heavy atom. The fraction of sp³-hybridized carbons (Fsp3) is 0.600. The van der Waals surface area contributed by atoms with E-state index >= 15 is 0 Å². The number of hydrogen-bond acceptors (Lipinski definition) is 4. The molecule has 0 aliphatic heterocycles. The summed E-state index contributed by atoms with van der Waals surface area (Å²) in [6.07, 6.45) is 5.83. The van der Waals surface area contributed by atoms with Gasteiger partial charge >= 0.3 is 0 Å². The van der Waals surface area contributed by atoms with E-state index in [0.717, 1.165) is 50.5 Å². The monoisotopic (exact) mass is 378 g/mol. The van der Waals surface area contributed by atoms with E-state index < -0.39 is 25.9 Å². The van der Waals surface area contributed by atoms with Crippen LogP contribution in [0, 0.1) is 5.82 Å². The molecule has 1 aliphatic carbocycles. The molecule has 0 radical (unpaired) electrons. The molecule has 0 spiro atoms. The smallest absolute Gasteiger partial charge is 0.212 e. The molecule has 0 unspecified atom stereocenters. The van der Waals surface area contributed by atoms with Crippen LogP contribution in [-0.2, 0) is 20.0 Å². The van der Waals surface area contributed by atoms with Crippen molar-refractivity contribution in [3.05, 3.63) is 30.1 Å². The zero-order valence-electron chi connectivity index (χ0n) is 13.6. The van der Waals surface area contributed by atoms with Crippen LogP contribution in [0.5, 0.6) is 0 Å². The van der Waals surface area contributed by atoms with Crippen molar-refractivity contribution in [2.45, 2.75) is 43.0 Å². The zero-order chi connectivity index (χ0) is 17.8. The molecular weight excluding hydrogens is 355 g/mol. The Morgan fingerprint density at radius 1 is 1.08 bits per heavy atom. The molecule has 1 aromatic carbocycles. The number of sulfonamides is 2. The van der Waals surface area contributed by atoms with Gasteiger partial charge in [-0.25, -0.2) is 25.9 Å². The second-order valence-electron chi connectivity index (χ2n) is 6.02. The van der Waals surface area contributed by atoms with Crippen molar-refractivity contribution in [1.29, 1.82) is 0 Å². The quantitative estimate of drug-likeness (QED) is 0.783. The maximum Gasteiger partial charge on any atom is 0.240 e. The van der Waals surface area contributed by atoms with E-state index in [2.05, 4.69) is 4.72 Å². The second-order valence-corrected chi connectivity index (χ2v) is 9.72. The minimum Gasteiger partial charge on any atom is -0.212 e. The highest BCUT2D eigenvalue weighted by Crippen LogP contribution is 2.24. The van der Waals surface area contributed by atoms with Gasteiger partial charge in [0, 0.05) is 19.1 Å². The van der Waals surface area contributed by atoms with Crippen molar-refractivity contribution in [1.82, 2.24) is 9.03 Å². The van der Waals surface area contributed by atoms with Gasteiger partial charge in [0.2, 0.25) is 20.0 Å². The summed E-state index contributed by atoms with van der Waals surface area (Å²) in [6, 6.07) is 4.42. The fourth-order valence-electron chi connectivity index (χ4n) is 2.98. The molecule has 0 saturated heterocycles. The van der Waals surface area contributed by atoms with Gasteiger partial charge in [-0.1, -0.05) is 19.3 Å². The minimum absolute atomic E-state index is 0.0245. The lowest BCUT2D eigenvalue weighted by molar-refractivity contribution is 0.257. The molecule has 1 aliphatic rings. The third-order valence-corrected chi connectivity index (χ3v) is 6.97. The van der Waals surface area contributed by atoms with Crippen molar-refractivity contribution in [2.24, 2.45) is 0 Å². The number of nitrogens with one attached hydrogen (secondary N) is 1. The third-order valence-electron chi connectivity index (χ3n) is 4.16. The summed E-state index contributed by atoms with van der Waals surface area (Å²) in [6.45, 7) is 0.0627. The highest BCUT2D eigenvalue weighted by Gasteiger charge is 2.28. The second kappa shape index (κ2) is 7.90. The summed E-state index contributed by atoms with van der Waals surface area (Å²) >= 11 is 0. The number of halogens is 1. The molecule has 9 heteroatoms. The first-order valence-electron chi connectivity index (χ1n) is 7.92. The maximum absolute atomic E-state index is 12.9. The first-order valence-corrected chi connectivity index (χ1v) is 11.3. The van der Waals surface area contributed by atoms with E-state index in [9.17, 15) is 21.2 Å². The largest absolute Gasteiger partial charge is 0.240 e. The van der Waals surface area contributed by atoms with E-state index in [-0.39, 0.29) is 24.0 Å². The SMILES string of the molecule is CS(=O)(=O)N(CCNS(=O)(=O)c1ccc(F)cc1)C1CCCCC1. The molecule has 1 fully saturated rings. The topological polar surface area (TPSA) is 83.6 Å². The van der Waals surface area contributed by atoms with Crippen LogP contribution in [0.15, 0.2) is 29.2 Å². The van der Waals surface area contributed by atoms with Crippen LogP contribution in [0.4, 0.5) is 4.39 Å². The minimum atomic E-state index is -3.79. The first-order chi connectivity index (χ1) is 11.2. The summed E-state index contributed by atoms with van der Waals surface area (Å²) in [5.74, 6) is -0.519. The van der Waals surface area contributed by atoms with Crippen molar-refractivity contribution in [2.75, 3.05) is 19.3 Å². The Bertz CT molecular complexity index is 742. The molecule has 0 amide bonds. The summed E-state index contributed by atoms with van der Waals surface area (Å²) in [5, 5.41) is 0. The lowest BCUT2D eigenvalue weighted by atomic mass is 9.95. The third kappa shape index (κ3) is 5.23. The van der Waals surface area contributed by atoms with Gasteiger partial charge in [0.05, 0.1) is 11.2 Å².